The van der Waals surface area contributed by atoms with E-state index in [1.54, 1.807) is 24.3 Å². The Hall–Kier alpha value is -1.89. The molecule has 6 nitrogen and oxygen atoms in total. The van der Waals surface area contributed by atoms with Crippen LogP contribution < -0.4 is 16.1 Å². The number of hydroxylamine groups is 1. The molecule has 0 aliphatic carbocycles. The summed E-state index contributed by atoms with van der Waals surface area (Å²) in [6.45, 7) is 3.60. The van der Waals surface area contributed by atoms with Gasteiger partial charge in [0.05, 0.1) is 13.7 Å². The van der Waals surface area contributed by atoms with E-state index in [1.165, 1.54) is 7.11 Å². The lowest BCUT2D eigenvalue weighted by atomic mass is 10.2. The van der Waals surface area contributed by atoms with E-state index < -0.39 is 5.97 Å². The second-order valence-corrected chi connectivity index (χ2v) is 3.09. The van der Waals surface area contributed by atoms with Crippen LogP contribution in [0.3, 0.4) is 0 Å². The lowest BCUT2D eigenvalue weighted by molar-refractivity contribution is -0.132. The van der Waals surface area contributed by atoms with Crippen molar-refractivity contribution in [3.63, 3.8) is 0 Å². The Bertz CT molecular complexity index is 406. The Labute approximate surface area is 98.9 Å². The molecule has 0 saturated heterocycles. The Balaban J connectivity index is 2.73. The number of ether oxygens (including phenoxy) is 1. The van der Waals surface area contributed by atoms with E-state index >= 15 is 0 Å². The topological polar surface area (TPSA) is 82.8 Å². The van der Waals surface area contributed by atoms with Crippen LogP contribution in [-0.2, 0) is 21.1 Å². The molecule has 0 radical (unpaired) electrons. The van der Waals surface area contributed by atoms with Crippen LogP contribution in [0.1, 0.15) is 5.56 Å². The number of para-hydroxylation sites is 1. The number of benzene rings is 1. The number of esters is 1. The molecule has 0 spiro atoms. The predicted octanol–water partition coefficient (Wildman–Crippen LogP) is 0.647. The monoisotopic (exact) mass is 238 g/mol. The summed E-state index contributed by atoms with van der Waals surface area (Å²) in [4.78, 5) is 20.6. The predicted molar refractivity (Wildman–Crippen MR) is 60.3 cm³/mol. The van der Waals surface area contributed by atoms with Crippen molar-refractivity contribution >= 4 is 5.97 Å². The van der Waals surface area contributed by atoms with Crippen molar-refractivity contribution in [2.75, 3.05) is 7.11 Å². The standard InChI is InChI=1S/C11H14N2O4/c1-8(13-15-2)11(14)17-10-6-4-3-5-9(10)7-16-12/h3-6,13H,1,7,12H2,2H3. The third-order valence-electron chi connectivity index (χ3n) is 1.89. The summed E-state index contributed by atoms with van der Waals surface area (Å²) in [7, 11) is 1.37. The minimum atomic E-state index is -0.642. The smallest absolute Gasteiger partial charge is 0.361 e. The van der Waals surface area contributed by atoms with Crippen molar-refractivity contribution in [1.29, 1.82) is 0 Å². The molecule has 0 aliphatic heterocycles. The maximum Gasteiger partial charge on any atom is 0.361 e. The SMILES string of the molecule is C=C(NOC)C(=O)Oc1ccccc1CON. The lowest BCUT2D eigenvalue weighted by Gasteiger charge is -2.10. The van der Waals surface area contributed by atoms with Crippen molar-refractivity contribution in [3.8, 4) is 5.75 Å². The first kappa shape index (κ1) is 13.2. The molecule has 0 fully saturated rings. The lowest BCUT2D eigenvalue weighted by Crippen LogP contribution is -2.22. The molecule has 3 N–H and O–H groups in total. The van der Waals surface area contributed by atoms with Crippen LogP contribution in [0.2, 0.25) is 0 Å². The zero-order chi connectivity index (χ0) is 12.7. The van der Waals surface area contributed by atoms with Gasteiger partial charge in [-0.2, -0.15) is 0 Å². The normalized spacial score (nSPS) is 9.76. The van der Waals surface area contributed by atoms with Crippen molar-refractivity contribution in [1.82, 2.24) is 5.48 Å². The zero-order valence-electron chi connectivity index (χ0n) is 9.43. The van der Waals surface area contributed by atoms with Gasteiger partial charge in [-0.3, -0.25) is 15.2 Å². The minimum Gasteiger partial charge on any atom is -0.421 e. The van der Waals surface area contributed by atoms with Crippen LogP contribution in [0, 0.1) is 0 Å². The summed E-state index contributed by atoms with van der Waals surface area (Å²) in [6.07, 6.45) is 0. The number of carbonyl (C=O) groups is 1. The highest BCUT2D eigenvalue weighted by atomic mass is 16.6. The van der Waals surface area contributed by atoms with Crippen molar-refractivity contribution < 1.29 is 19.2 Å². The zero-order valence-corrected chi connectivity index (χ0v) is 9.43. The van der Waals surface area contributed by atoms with Crippen LogP contribution in [0.25, 0.3) is 0 Å². The molecule has 0 amide bonds. The van der Waals surface area contributed by atoms with Crippen LogP contribution in [-0.4, -0.2) is 13.1 Å². The minimum absolute atomic E-state index is 0.00373. The van der Waals surface area contributed by atoms with Gasteiger partial charge < -0.3 is 4.74 Å². The molecular formula is C11H14N2O4. The summed E-state index contributed by atoms with van der Waals surface area (Å²) < 4.78 is 5.10. The van der Waals surface area contributed by atoms with E-state index in [0.29, 0.717) is 11.3 Å². The average molecular weight is 238 g/mol. The first-order valence-electron chi connectivity index (χ1n) is 4.78. The van der Waals surface area contributed by atoms with Crippen molar-refractivity contribution in [3.05, 3.63) is 42.1 Å². The molecule has 17 heavy (non-hydrogen) atoms. The van der Waals surface area contributed by atoms with E-state index in [-0.39, 0.29) is 12.3 Å². The van der Waals surface area contributed by atoms with Gasteiger partial charge in [-0.25, -0.2) is 10.7 Å². The molecule has 1 aromatic carbocycles. The summed E-state index contributed by atoms with van der Waals surface area (Å²) in [5, 5.41) is 0. The van der Waals surface area contributed by atoms with Gasteiger partial charge in [-0.1, -0.05) is 24.8 Å². The number of hydrogen-bond donors (Lipinski definition) is 2. The number of nitrogens with two attached hydrogens (primary N) is 1. The highest BCUT2D eigenvalue weighted by molar-refractivity contribution is 5.88. The molecule has 1 aromatic rings. The van der Waals surface area contributed by atoms with Gasteiger partial charge in [0, 0.05) is 5.56 Å². The molecule has 6 heteroatoms. The third-order valence-corrected chi connectivity index (χ3v) is 1.89. The average Bonchev–Trinajstić information content (AvgIpc) is 2.32. The fourth-order valence-electron chi connectivity index (χ4n) is 1.14. The van der Waals surface area contributed by atoms with Gasteiger partial charge in [0.2, 0.25) is 0 Å². The molecule has 0 heterocycles. The molecule has 1 rings (SSSR count). The third kappa shape index (κ3) is 3.87. The largest absolute Gasteiger partial charge is 0.421 e. The van der Waals surface area contributed by atoms with Gasteiger partial charge in [0.15, 0.2) is 0 Å². The molecule has 0 atom stereocenters. The van der Waals surface area contributed by atoms with Gasteiger partial charge >= 0.3 is 5.97 Å². The van der Waals surface area contributed by atoms with E-state index in [9.17, 15) is 4.79 Å². The number of carbonyl (C=O) groups excluding carboxylic acids is 1. The van der Waals surface area contributed by atoms with Crippen LogP contribution in [0.4, 0.5) is 0 Å². The Morgan fingerprint density at radius 3 is 2.82 bits per heavy atom. The first-order valence-corrected chi connectivity index (χ1v) is 4.78. The fourth-order valence-corrected chi connectivity index (χ4v) is 1.14. The Morgan fingerprint density at radius 2 is 2.18 bits per heavy atom. The van der Waals surface area contributed by atoms with Crippen LogP contribution in [0.15, 0.2) is 36.5 Å². The van der Waals surface area contributed by atoms with Gasteiger partial charge in [-0.15, -0.1) is 0 Å². The summed E-state index contributed by atoms with van der Waals surface area (Å²) >= 11 is 0. The van der Waals surface area contributed by atoms with Gasteiger partial charge in [0.1, 0.15) is 11.4 Å². The van der Waals surface area contributed by atoms with E-state index in [4.69, 9.17) is 10.6 Å². The molecule has 0 unspecified atom stereocenters. The molecule has 92 valence electrons. The number of hydrogen-bond acceptors (Lipinski definition) is 6. The van der Waals surface area contributed by atoms with Gasteiger partial charge in [0.25, 0.3) is 0 Å². The number of nitrogens with one attached hydrogen (secondary N) is 1. The summed E-state index contributed by atoms with van der Waals surface area (Å²) in [6, 6.07) is 6.89. The van der Waals surface area contributed by atoms with Crippen LogP contribution in [0.5, 0.6) is 5.75 Å². The molecule has 0 saturated carbocycles. The molecular weight excluding hydrogens is 224 g/mol. The maximum absolute atomic E-state index is 11.5. The second kappa shape index (κ2) is 6.64. The first-order chi connectivity index (χ1) is 8.19. The highest BCUT2D eigenvalue weighted by Gasteiger charge is 2.12. The molecule has 0 aromatic heterocycles. The van der Waals surface area contributed by atoms with E-state index in [2.05, 4.69) is 21.7 Å². The van der Waals surface area contributed by atoms with Crippen molar-refractivity contribution in [2.45, 2.75) is 6.61 Å². The Morgan fingerprint density at radius 1 is 1.47 bits per heavy atom. The molecule has 0 aliphatic rings. The molecule has 0 bridgehead atoms. The maximum atomic E-state index is 11.5. The fraction of sp³-hybridized carbons (Fsp3) is 0.182. The van der Waals surface area contributed by atoms with Gasteiger partial charge in [-0.05, 0) is 6.07 Å². The van der Waals surface area contributed by atoms with Crippen LogP contribution >= 0.6 is 0 Å². The highest BCUT2D eigenvalue weighted by Crippen LogP contribution is 2.19. The Kier molecular flexibility index (Phi) is 5.15. The van der Waals surface area contributed by atoms with E-state index in [1.807, 2.05) is 0 Å². The van der Waals surface area contributed by atoms with Crippen molar-refractivity contribution in [2.24, 2.45) is 5.90 Å². The summed E-state index contributed by atoms with van der Waals surface area (Å²) in [5.74, 6) is 4.70. The number of rotatable bonds is 6. The van der Waals surface area contributed by atoms with E-state index in [0.717, 1.165) is 0 Å². The summed E-state index contributed by atoms with van der Waals surface area (Å²) in [5.41, 5.74) is 2.95. The quantitative estimate of drug-likeness (QED) is 0.327. The second-order valence-electron chi connectivity index (χ2n) is 3.09.